The van der Waals surface area contributed by atoms with Crippen molar-refractivity contribution in [2.75, 3.05) is 12.0 Å². The van der Waals surface area contributed by atoms with Crippen LogP contribution in [0, 0.1) is 11.7 Å². The van der Waals surface area contributed by atoms with Gasteiger partial charge in [0, 0.05) is 17.3 Å². The van der Waals surface area contributed by atoms with Crippen molar-refractivity contribution in [2.24, 2.45) is 5.92 Å². The van der Waals surface area contributed by atoms with Gasteiger partial charge in [-0.2, -0.15) is 0 Å². The highest BCUT2D eigenvalue weighted by molar-refractivity contribution is 6.74. The van der Waals surface area contributed by atoms with Crippen molar-refractivity contribution in [1.29, 1.82) is 0 Å². The number of halogens is 1. The molecule has 47 heavy (non-hydrogen) atoms. The van der Waals surface area contributed by atoms with Gasteiger partial charge in [0.05, 0.1) is 25.2 Å². The van der Waals surface area contributed by atoms with Crippen LogP contribution in [0.1, 0.15) is 74.9 Å². The number of methoxy groups -OCH3 is 1. The zero-order valence-electron chi connectivity index (χ0n) is 28.8. The average molecular weight is 654 g/mol. The predicted molar refractivity (Wildman–Crippen MR) is 190 cm³/mol. The number of carbonyl (C=O) groups excluding carboxylic acids is 1. The van der Waals surface area contributed by atoms with E-state index >= 15 is 0 Å². The highest BCUT2D eigenvalue weighted by Crippen LogP contribution is 2.50. The molecule has 0 aromatic heterocycles. The first-order chi connectivity index (χ1) is 22.4. The van der Waals surface area contributed by atoms with Gasteiger partial charge in [0.2, 0.25) is 5.91 Å². The molecule has 0 bridgehead atoms. The SMILES string of the molecule is CCc1ccc(N2C(=O)C(CC[C@H](O[Si](C)(C)C(C)(C)C)c3ccc(F)cc3)[C@H]2c2ccc(OC)cc2OCc2ccccc2)cc1. The monoisotopic (exact) mass is 653 g/mol. The lowest BCUT2D eigenvalue weighted by molar-refractivity contribution is -0.131. The van der Waals surface area contributed by atoms with E-state index in [4.69, 9.17) is 13.9 Å². The Morgan fingerprint density at radius 3 is 2.19 bits per heavy atom. The predicted octanol–water partition coefficient (Wildman–Crippen LogP) is 10.2. The van der Waals surface area contributed by atoms with Crippen LogP contribution in [0.3, 0.4) is 0 Å². The molecular weight excluding hydrogens is 606 g/mol. The number of carbonyl (C=O) groups is 1. The molecule has 3 atom stereocenters. The molecule has 0 saturated carbocycles. The summed E-state index contributed by atoms with van der Waals surface area (Å²) in [7, 11) is -0.543. The Morgan fingerprint density at radius 2 is 1.57 bits per heavy atom. The van der Waals surface area contributed by atoms with E-state index in [0.29, 0.717) is 30.9 Å². The summed E-state index contributed by atoms with van der Waals surface area (Å²) in [5, 5.41) is -0.00432. The van der Waals surface area contributed by atoms with Gasteiger partial charge in [-0.1, -0.05) is 82.3 Å². The van der Waals surface area contributed by atoms with Gasteiger partial charge in [0.15, 0.2) is 8.32 Å². The number of ether oxygens (including phenoxy) is 2. The van der Waals surface area contributed by atoms with E-state index in [-0.39, 0.29) is 34.8 Å². The maximum Gasteiger partial charge on any atom is 0.233 e. The van der Waals surface area contributed by atoms with Gasteiger partial charge in [0.1, 0.15) is 23.9 Å². The molecule has 5 nitrogen and oxygen atoms in total. The van der Waals surface area contributed by atoms with Crippen LogP contribution in [0.15, 0.2) is 97.1 Å². The zero-order chi connectivity index (χ0) is 33.8. The minimum absolute atomic E-state index is 0.00432. The Kier molecular flexibility index (Phi) is 10.6. The molecule has 0 N–H and O–H groups in total. The van der Waals surface area contributed by atoms with Crippen molar-refractivity contribution in [3.8, 4) is 11.5 Å². The van der Waals surface area contributed by atoms with Gasteiger partial charge in [-0.15, -0.1) is 0 Å². The summed E-state index contributed by atoms with van der Waals surface area (Å²) in [5.74, 6) is 0.894. The van der Waals surface area contributed by atoms with E-state index in [1.54, 1.807) is 7.11 Å². The van der Waals surface area contributed by atoms with Crippen LogP contribution in [0.2, 0.25) is 18.1 Å². The van der Waals surface area contributed by atoms with Crippen molar-refractivity contribution < 1.29 is 23.1 Å². The van der Waals surface area contributed by atoms with Crippen LogP contribution in [0.5, 0.6) is 11.5 Å². The van der Waals surface area contributed by atoms with Gasteiger partial charge in [0.25, 0.3) is 0 Å². The summed E-state index contributed by atoms with van der Waals surface area (Å²) >= 11 is 0. The van der Waals surface area contributed by atoms with E-state index in [9.17, 15) is 9.18 Å². The standard InChI is InChI=1S/C40H48FNO4Si/c1-8-28-14-20-32(21-15-28)42-38(34-23-22-33(44-5)26-37(34)45-27-29-12-10-9-11-13-29)35(39(42)43)24-25-36(30-16-18-31(41)19-17-30)46-47(6,7)40(2,3)4/h9-23,26,35-36,38H,8,24-25,27H2,1-7H3/t35?,36-,38+/m0/s1. The third-order valence-corrected chi connectivity index (χ3v) is 14.3. The molecule has 0 aliphatic carbocycles. The topological polar surface area (TPSA) is 48.0 Å². The first-order valence-electron chi connectivity index (χ1n) is 16.6. The van der Waals surface area contributed by atoms with Gasteiger partial charge in [-0.25, -0.2) is 4.39 Å². The van der Waals surface area contributed by atoms with Gasteiger partial charge >= 0.3 is 0 Å². The Hall–Kier alpha value is -3.94. The molecule has 0 spiro atoms. The minimum Gasteiger partial charge on any atom is -0.497 e. The number of anilines is 1. The summed E-state index contributed by atoms with van der Waals surface area (Å²) in [6.45, 7) is 13.6. The first-order valence-corrected chi connectivity index (χ1v) is 19.5. The number of rotatable bonds is 13. The highest BCUT2D eigenvalue weighted by Gasteiger charge is 2.50. The fraction of sp³-hybridized carbons (Fsp3) is 0.375. The summed E-state index contributed by atoms with van der Waals surface area (Å²) in [6.07, 6.45) is 1.90. The lowest BCUT2D eigenvalue weighted by Gasteiger charge is -2.48. The smallest absolute Gasteiger partial charge is 0.233 e. The molecular formula is C40H48FNO4Si. The number of β-lactam (4-membered cyclic amide) rings is 1. The Morgan fingerprint density at radius 1 is 0.894 bits per heavy atom. The second-order valence-electron chi connectivity index (χ2n) is 14.0. The molecule has 1 saturated heterocycles. The molecule has 4 aromatic carbocycles. The van der Waals surface area contributed by atoms with E-state index in [0.717, 1.165) is 28.8 Å². The van der Waals surface area contributed by atoms with Crippen LogP contribution in [-0.4, -0.2) is 21.3 Å². The molecule has 248 valence electrons. The quantitative estimate of drug-likeness (QED) is 0.106. The minimum atomic E-state index is -2.19. The lowest BCUT2D eigenvalue weighted by atomic mass is 9.77. The Labute approximate surface area is 280 Å². The number of aryl methyl sites for hydroxylation is 1. The molecule has 1 aliphatic heterocycles. The molecule has 4 aromatic rings. The van der Waals surface area contributed by atoms with Crippen LogP contribution >= 0.6 is 0 Å². The third-order valence-electron chi connectivity index (χ3n) is 9.84. The van der Waals surface area contributed by atoms with Crippen molar-refractivity contribution in [3.63, 3.8) is 0 Å². The fourth-order valence-corrected chi connectivity index (χ4v) is 7.27. The van der Waals surface area contributed by atoms with Crippen molar-refractivity contribution in [3.05, 3.63) is 125 Å². The molecule has 1 aliphatic rings. The molecule has 1 heterocycles. The Balaban J connectivity index is 1.49. The maximum atomic E-state index is 14.1. The van der Waals surface area contributed by atoms with Crippen LogP contribution in [0.25, 0.3) is 0 Å². The third kappa shape index (κ3) is 7.79. The number of nitrogens with zero attached hydrogens (tertiary/aromatic N) is 1. The lowest BCUT2D eigenvalue weighted by Crippen LogP contribution is -2.55. The molecule has 5 rings (SSSR count). The number of hydrogen-bond acceptors (Lipinski definition) is 4. The van der Waals surface area contributed by atoms with Gasteiger partial charge < -0.3 is 18.8 Å². The van der Waals surface area contributed by atoms with E-state index < -0.39 is 8.32 Å². The van der Waals surface area contributed by atoms with Crippen molar-refractivity contribution in [2.45, 2.75) is 83.8 Å². The second-order valence-corrected chi connectivity index (χ2v) is 18.7. The van der Waals surface area contributed by atoms with Crippen LogP contribution in [0.4, 0.5) is 10.1 Å². The Bertz CT molecular complexity index is 1630. The van der Waals surface area contributed by atoms with Crippen molar-refractivity contribution in [1.82, 2.24) is 0 Å². The number of hydrogen-bond donors (Lipinski definition) is 0. The van der Waals surface area contributed by atoms with Gasteiger partial charge in [-0.3, -0.25) is 4.79 Å². The fourth-order valence-electron chi connectivity index (χ4n) is 5.95. The van der Waals surface area contributed by atoms with E-state index in [1.807, 2.05) is 77.7 Å². The molecule has 7 heteroatoms. The first kappa shape index (κ1) is 34.4. The highest BCUT2D eigenvalue weighted by atomic mass is 28.4. The second kappa shape index (κ2) is 14.4. The number of benzene rings is 4. The largest absolute Gasteiger partial charge is 0.497 e. The number of amides is 1. The van der Waals surface area contributed by atoms with Crippen LogP contribution in [-0.2, 0) is 22.2 Å². The molecule has 1 unspecified atom stereocenters. The summed E-state index contributed by atoms with van der Waals surface area (Å²) in [4.78, 5) is 16.0. The molecule has 1 amide bonds. The van der Waals surface area contributed by atoms with Crippen molar-refractivity contribution >= 4 is 19.9 Å². The maximum absolute atomic E-state index is 14.1. The molecule has 1 fully saturated rings. The van der Waals surface area contributed by atoms with E-state index in [2.05, 4.69) is 52.9 Å². The van der Waals surface area contributed by atoms with Gasteiger partial charge in [-0.05, 0) is 90.5 Å². The molecule has 0 radical (unpaired) electrons. The van der Waals surface area contributed by atoms with Crippen LogP contribution < -0.4 is 14.4 Å². The zero-order valence-corrected chi connectivity index (χ0v) is 29.8. The van der Waals surface area contributed by atoms with E-state index in [1.165, 1.54) is 17.7 Å². The normalized spacial score (nSPS) is 17.3. The summed E-state index contributed by atoms with van der Waals surface area (Å²) < 4.78 is 33.0. The summed E-state index contributed by atoms with van der Waals surface area (Å²) in [6, 6.07) is 30.5. The average Bonchev–Trinajstić information content (AvgIpc) is 3.06. The summed E-state index contributed by atoms with van der Waals surface area (Å²) in [5.41, 5.74) is 5.01.